The number of nitrogens with zero attached hydrogens (tertiary/aromatic N) is 1. The monoisotopic (exact) mass is 203 g/mol. The Balaban J connectivity index is 2.22. The standard InChI is InChI=1S/C13H14FN/c1-8(2)11-6-12(11)9-3-4-13(14)10(5-9)7-15/h3-5,8,11-12H,6H2,1-2H3/t11-,12-/m1/s1. The van der Waals surface area contributed by atoms with E-state index in [0.29, 0.717) is 17.8 Å². The second-order valence-electron chi connectivity index (χ2n) is 4.60. The summed E-state index contributed by atoms with van der Waals surface area (Å²) in [6.07, 6.45) is 1.17. The van der Waals surface area contributed by atoms with Gasteiger partial charge in [-0.3, -0.25) is 0 Å². The Morgan fingerprint density at radius 2 is 2.20 bits per heavy atom. The topological polar surface area (TPSA) is 23.8 Å². The number of hydrogen-bond donors (Lipinski definition) is 0. The molecule has 2 atom stereocenters. The lowest BCUT2D eigenvalue weighted by Gasteiger charge is -2.04. The van der Waals surface area contributed by atoms with Crippen LogP contribution in [0.15, 0.2) is 18.2 Å². The average Bonchev–Trinajstić information content (AvgIpc) is 2.98. The van der Waals surface area contributed by atoms with E-state index in [4.69, 9.17) is 5.26 Å². The van der Waals surface area contributed by atoms with Crippen LogP contribution in [-0.2, 0) is 0 Å². The zero-order valence-corrected chi connectivity index (χ0v) is 9.00. The molecule has 0 amide bonds. The van der Waals surface area contributed by atoms with Crippen LogP contribution in [-0.4, -0.2) is 0 Å². The molecule has 1 aromatic carbocycles. The lowest BCUT2D eigenvalue weighted by Crippen LogP contribution is -1.93. The van der Waals surface area contributed by atoms with Gasteiger partial charge in [0.25, 0.3) is 0 Å². The van der Waals surface area contributed by atoms with Crippen LogP contribution >= 0.6 is 0 Å². The van der Waals surface area contributed by atoms with E-state index in [0.717, 1.165) is 5.56 Å². The molecule has 78 valence electrons. The maximum atomic E-state index is 13.1. The molecular formula is C13H14FN. The summed E-state index contributed by atoms with van der Waals surface area (Å²) in [6.45, 7) is 4.42. The van der Waals surface area contributed by atoms with Gasteiger partial charge in [-0.2, -0.15) is 5.26 Å². The lowest BCUT2D eigenvalue weighted by molar-refractivity contribution is 0.548. The fourth-order valence-corrected chi connectivity index (χ4v) is 2.19. The first-order valence-electron chi connectivity index (χ1n) is 5.33. The second kappa shape index (κ2) is 3.66. The predicted octanol–water partition coefficient (Wildman–Crippen LogP) is 3.46. The first-order valence-corrected chi connectivity index (χ1v) is 5.33. The highest BCUT2D eigenvalue weighted by molar-refractivity contribution is 5.38. The summed E-state index contributed by atoms with van der Waals surface area (Å²) < 4.78 is 13.1. The molecular weight excluding hydrogens is 189 g/mol. The summed E-state index contributed by atoms with van der Waals surface area (Å²) in [5.74, 6) is 1.51. The van der Waals surface area contributed by atoms with E-state index in [1.54, 1.807) is 6.07 Å². The van der Waals surface area contributed by atoms with Gasteiger partial charge in [0, 0.05) is 0 Å². The van der Waals surface area contributed by atoms with Crippen LogP contribution in [0.25, 0.3) is 0 Å². The van der Waals surface area contributed by atoms with Gasteiger partial charge in [-0.15, -0.1) is 0 Å². The van der Waals surface area contributed by atoms with Crippen LogP contribution in [0, 0.1) is 29.0 Å². The third kappa shape index (κ3) is 1.87. The summed E-state index contributed by atoms with van der Waals surface area (Å²) in [4.78, 5) is 0. The van der Waals surface area contributed by atoms with Crippen LogP contribution in [0.4, 0.5) is 4.39 Å². The largest absolute Gasteiger partial charge is 0.206 e. The summed E-state index contributed by atoms with van der Waals surface area (Å²) in [6, 6.07) is 6.80. The number of nitriles is 1. The van der Waals surface area contributed by atoms with Crippen LogP contribution in [0.5, 0.6) is 0 Å². The van der Waals surface area contributed by atoms with E-state index in [-0.39, 0.29) is 5.56 Å². The van der Waals surface area contributed by atoms with Gasteiger partial charge in [0.05, 0.1) is 5.56 Å². The van der Waals surface area contributed by atoms with Gasteiger partial charge in [-0.1, -0.05) is 19.9 Å². The minimum Gasteiger partial charge on any atom is -0.206 e. The molecule has 0 N–H and O–H groups in total. The Kier molecular flexibility index (Phi) is 2.48. The van der Waals surface area contributed by atoms with Crippen molar-refractivity contribution in [1.29, 1.82) is 5.26 Å². The maximum Gasteiger partial charge on any atom is 0.140 e. The van der Waals surface area contributed by atoms with Gasteiger partial charge in [-0.25, -0.2) is 4.39 Å². The summed E-state index contributed by atoms with van der Waals surface area (Å²) >= 11 is 0. The fraction of sp³-hybridized carbons (Fsp3) is 0.462. The smallest absolute Gasteiger partial charge is 0.140 e. The molecule has 0 aromatic heterocycles. The van der Waals surface area contributed by atoms with Crippen molar-refractivity contribution in [1.82, 2.24) is 0 Å². The van der Waals surface area contributed by atoms with Crippen molar-refractivity contribution < 1.29 is 4.39 Å². The lowest BCUT2D eigenvalue weighted by atomic mass is 10.0. The highest BCUT2D eigenvalue weighted by Crippen LogP contribution is 2.51. The van der Waals surface area contributed by atoms with Gasteiger partial charge in [0.2, 0.25) is 0 Å². The fourth-order valence-electron chi connectivity index (χ4n) is 2.19. The quantitative estimate of drug-likeness (QED) is 0.722. The van der Waals surface area contributed by atoms with Crippen molar-refractivity contribution in [3.8, 4) is 6.07 Å². The molecule has 2 heteroatoms. The highest BCUT2D eigenvalue weighted by atomic mass is 19.1. The molecule has 1 fully saturated rings. The number of halogens is 1. The molecule has 0 spiro atoms. The molecule has 1 saturated carbocycles. The highest BCUT2D eigenvalue weighted by Gasteiger charge is 2.40. The SMILES string of the molecule is CC(C)[C@H]1C[C@@H]1c1ccc(F)c(C#N)c1. The first-order chi connectivity index (χ1) is 7.13. The van der Waals surface area contributed by atoms with E-state index in [2.05, 4.69) is 13.8 Å². The van der Waals surface area contributed by atoms with Gasteiger partial charge in [0.1, 0.15) is 11.9 Å². The molecule has 0 saturated heterocycles. The molecule has 0 heterocycles. The molecule has 0 bridgehead atoms. The van der Waals surface area contributed by atoms with E-state index in [1.807, 2.05) is 12.1 Å². The second-order valence-corrected chi connectivity index (χ2v) is 4.60. The number of benzene rings is 1. The predicted molar refractivity (Wildman–Crippen MR) is 56.8 cm³/mol. The zero-order valence-electron chi connectivity index (χ0n) is 9.00. The third-order valence-corrected chi connectivity index (χ3v) is 3.24. The van der Waals surface area contributed by atoms with Gasteiger partial charge in [-0.05, 0) is 41.9 Å². The minimum atomic E-state index is -0.414. The van der Waals surface area contributed by atoms with Crippen molar-refractivity contribution in [3.63, 3.8) is 0 Å². The van der Waals surface area contributed by atoms with Crippen LogP contribution in [0.1, 0.15) is 37.3 Å². The van der Waals surface area contributed by atoms with E-state index < -0.39 is 5.82 Å². The van der Waals surface area contributed by atoms with Crippen molar-refractivity contribution in [3.05, 3.63) is 35.1 Å². The van der Waals surface area contributed by atoms with Crippen LogP contribution in [0.2, 0.25) is 0 Å². The van der Waals surface area contributed by atoms with E-state index in [1.165, 1.54) is 12.5 Å². The van der Waals surface area contributed by atoms with E-state index in [9.17, 15) is 4.39 Å². The molecule has 1 nitrogen and oxygen atoms in total. The van der Waals surface area contributed by atoms with E-state index >= 15 is 0 Å². The molecule has 1 aliphatic rings. The van der Waals surface area contributed by atoms with Crippen LogP contribution in [0.3, 0.4) is 0 Å². The molecule has 0 radical (unpaired) electrons. The minimum absolute atomic E-state index is 0.168. The average molecular weight is 203 g/mol. The molecule has 0 aliphatic heterocycles. The molecule has 2 rings (SSSR count). The third-order valence-electron chi connectivity index (χ3n) is 3.24. The van der Waals surface area contributed by atoms with Gasteiger partial charge in [0.15, 0.2) is 0 Å². The Bertz CT molecular complexity index is 417. The Morgan fingerprint density at radius 3 is 2.73 bits per heavy atom. The first kappa shape index (κ1) is 10.2. The van der Waals surface area contributed by atoms with Crippen LogP contribution < -0.4 is 0 Å². The molecule has 15 heavy (non-hydrogen) atoms. The molecule has 1 aromatic rings. The van der Waals surface area contributed by atoms with Crippen molar-refractivity contribution in [2.75, 3.05) is 0 Å². The zero-order chi connectivity index (χ0) is 11.0. The summed E-state index contributed by atoms with van der Waals surface area (Å²) in [5.41, 5.74) is 1.29. The van der Waals surface area contributed by atoms with Gasteiger partial charge >= 0.3 is 0 Å². The number of rotatable bonds is 2. The summed E-state index contributed by atoms with van der Waals surface area (Å²) in [7, 11) is 0. The Hall–Kier alpha value is -1.36. The van der Waals surface area contributed by atoms with Crippen molar-refractivity contribution in [2.24, 2.45) is 11.8 Å². The number of hydrogen-bond acceptors (Lipinski definition) is 1. The summed E-state index contributed by atoms with van der Waals surface area (Å²) in [5, 5.41) is 8.73. The Labute approximate surface area is 89.5 Å². The normalized spacial score (nSPS) is 23.9. The molecule has 0 unspecified atom stereocenters. The Morgan fingerprint density at radius 1 is 1.47 bits per heavy atom. The van der Waals surface area contributed by atoms with Gasteiger partial charge < -0.3 is 0 Å². The molecule has 1 aliphatic carbocycles. The van der Waals surface area contributed by atoms with Crippen molar-refractivity contribution >= 4 is 0 Å². The van der Waals surface area contributed by atoms with Crippen molar-refractivity contribution in [2.45, 2.75) is 26.2 Å². The maximum absolute atomic E-state index is 13.1.